The van der Waals surface area contributed by atoms with Crippen LogP contribution in [0.3, 0.4) is 0 Å². The van der Waals surface area contributed by atoms with Gasteiger partial charge in [0.05, 0.1) is 4.90 Å². The van der Waals surface area contributed by atoms with Crippen molar-refractivity contribution in [3.63, 3.8) is 0 Å². The number of sulfonamides is 1. The predicted molar refractivity (Wildman–Crippen MR) is 130 cm³/mol. The lowest BCUT2D eigenvalue weighted by molar-refractivity contribution is 0.0785. The maximum Gasteiger partial charge on any atom is 0.262 e. The first-order valence-electron chi connectivity index (χ1n) is 10.3. The number of hydrogen-bond donors (Lipinski definition) is 1. The lowest BCUT2D eigenvalue weighted by atomic mass is 10.1. The minimum Gasteiger partial charge on any atom is -0.378 e. The Hall–Kier alpha value is -3.32. The zero-order chi connectivity index (χ0) is 23.5. The largest absolute Gasteiger partial charge is 0.378 e. The maximum atomic E-state index is 13.0. The summed E-state index contributed by atoms with van der Waals surface area (Å²) < 4.78 is 28.4. The molecule has 3 rings (SSSR count). The summed E-state index contributed by atoms with van der Waals surface area (Å²) in [5.41, 5.74) is 4.39. The van der Waals surface area contributed by atoms with Crippen LogP contribution in [0.5, 0.6) is 0 Å². The van der Waals surface area contributed by atoms with Crippen LogP contribution < -0.4 is 9.62 Å². The van der Waals surface area contributed by atoms with Crippen molar-refractivity contribution in [2.45, 2.75) is 25.3 Å². The van der Waals surface area contributed by atoms with Gasteiger partial charge in [0, 0.05) is 44.6 Å². The number of carbonyl (C=O) groups is 1. The molecule has 1 N–H and O–H groups in total. The fraction of sp³-hybridized carbons (Fsp3) is 0.240. The molecule has 0 radical (unpaired) electrons. The van der Waals surface area contributed by atoms with E-state index in [0.29, 0.717) is 23.4 Å². The number of nitrogens with zero attached hydrogens (tertiary/aromatic N) is 2. The molecule has 1 amide bonds. The standard InChI is InChI=1S/C25H29N3O3S/c1-18-9-10-19(2)24(15-18)32(30,31)26-22-8-6-7-21(16-22)25(29)28(5)17-20-11-13-23(14-12-20)27(3)4/h6-16,26H,17H2,1-5H3. The van der Waals surface area contributed by atoms with E-state index in [1.807, 2.05) is 56.3 Å². The van der Waals surface area contributed by atoms with Crippen LogP contribution in [0.1, 0.15) is 27.0 Å². The van der Waals surface area contributed by atoms with Gasteiger partial charge in [-0.05, 0) is 66.9 Å². The smallest absolute Gasteiger partial charge is 0.262 e. The van der Waals surface area contributed by atoms with Crippen molar-refractivity contribution < 1.29 is 13.2 Å². The molecule has 0 aliphatic heterocycles. The summed E-state index contributed by atoms with van der Waals surface area (Å²) in [7, 11) is 1.92. The molecule has 3 aromatic carbocycles. The number of nitrogens with one attached hydrogen (secondary N) is 1. The molecule has 0 spiro atoms. The van der Waals surface area contributed by atoms with Gasteiger partial charge in [0.2, 0.25) is 0 Å². The van der Waals surface area contributed by atoms with Gasteiger partial charge >= 0.3 is 0 Å². The van der Waals surface area contributed by atoms with Gasteiger partial charge in [-0.2, -0.15) is 0 Å². The Labute approximate surface area is 190 Å². The Morgan fingerprint density at radius 3 is 2.25 bits per heavy atom. The van der Waals surface area contributed by atoms with Crippen molar-refractivity contribution in [2.24, 2.45) is 0 Å². The second kappa shape index (κ2) is 9.44. The zero-order valence-electron chi connectivity index (χ0n) is 19.1. The van der Waals surface area contributed by atoms with E-state index >= 15 is 0 Å². The van der Waals surface area contributed by atoms with E-state index in [1.165, 1.54) is 0 Å². The molecule has 7 heteroatoms. The van der Waals surface area contributed by atoms with Crippen LogP contribution >= 0.6 is 0 Å². The lowest BCUT2D eigenvalue weighted by Crippen LogP contribution is -2.26. The summed E-state index contributed by atoms with van der Waals surface area (Å²) in [5, 5.41) is 0. The minimum absolute atomic E-state index is 0.186. The summed E-state index contributed by atoms with van der Waals surface area (Å²) >= 11 is 0. The molecule has 0 aliphatic rings. The van der Waals surface area contributed by atoms with Crippen LogP contribution in [0.4, 0.5) is 11.4 Å². The summed E-state index contributed by atoms with van der Waals surface area (Å²) in [4.78, 5) is 16.8. The number of benzene rings is 3. The van der Waals surface area contributed by atoms with Crippen LogP contribution in [0.25, 0.3) is 0 Å². The summed E-state index contributed by atoms with van der Waals surface area (Å²) in [6.07, 6.45) is 0. The molecule has 168 valence electrons. The van der Waals surface area contributed by atoms with Crippen LogP contribution in [0.15, 0.2) is 71.6 Å². The topological polar surface area (TPSA) is 69.7 Å². The molecule has 32 heavy (non-hydrogen) atoms. The third-order valence-electron chi connectivity index (χ3n) is 5.21. The average molecular weight is 452 g/mol. The van der Waals surface area contributed by atoms with E-state index < -0.39 is 10.0 Å². The molecular weight excluding hydrogens is 422 g/mol. The third-order valence-corrected chi connectivity index (χ3v) is 6.74. The number of carbonyl (C=O) groups excluding carboxylic acids is 1. The predicted octanol–water partition coefficient (Wildman–Crippen LogP) is 4.44. The van der Waals surface area contributed by atoms with E-state index in [-0.39, 0.29) is 10.8 Å². The number of anilines is 2. The molecule has 0 fully saturated rings. The Kier molecular flexibility index (Phi) is 6.89. The van der Waals surface area contributed by atoms with Gasteiger partial charge in [-0.3, -0.25) is 9.52 Å². The molecular formula is C25H29N3O3S. The first-order chi connectivity index (χ1) is 15.1. The second-order valence-electron chi connectivity index (χ2n) is 8.18. The summed E-state index contributed by atoms with van der Waals surface area (Å²) in [6.45, 7) is 4.06. The van der Waals surface area contributed by atoms with Crippen molar-refractivity contribution in [2.75, 3.05) is 30.8 Å². The SMILES string of the molecule is Cc1ccc(C)c(S(=O)(=O)Nc2cccc(C(=O)N(C)Cc3ccc(N(C)C)cc3)c2)c1. The first-order valence-corrected chi connectivity index (χ1v) is 11.8. The number of aryl methyl sites for hydroxylation is 2. The second-order valence-corrected chi connectivity index (χ2v) is 9.83. The highest BCUT2D eigenvalue weighted by molar-refractivity contribution is 7.92. The Bertz CT molecular complexity index is 1220. The molecule has 0 saturated carbocycles. The first kappa shape index (κ1) is 23.3. The van der Waals surface area contributed by atoms with Gasteiger partial charge in [0.15, 0.2) is 0 Å². The molecule has 0 bridgehead atoms. The molecule has 0 aliphatic carbocycles. The Morgan fingerprint density at radius 1 is 0.906 bits per heavy atom. The van der Waals surface area contributed by atoms with E-state index in [9.17, 15) is 13.2 Å². The van der Waals surface area contributed by atoms with E-state index in [0.717, 1.165) is 16.8 Å². The molecule has 6 nitrogen and oxygen atoms in total. The molecule has 0 unspecified atom stereocenters. The van der Waals surface area contributed by atoms with Crippen molar-refractivity contribution in [1.29, 1.82) is 0 Å². The number of amides is 1. The third kappa shape index (κ3) is 5.48. The maximum absolute atomic E-state index is 13.0. The molecule has 0 aromatic heterocycles. The van der Waals surface area contributed by atoms with Crippen LogP contribution in [-0.2, 0) is 16.6 Å². The highest BCUT2D eigenvalue weighted by Crippen LogP contribution is 2.22. The highest BCUT2D eigenvalue weighted by atomic mass is 32.2. The normalized spacial score (nSPS) is 11.2. The monoisotopic (exact) mass is 451 g/mol. The Morgan fingerprint density at radius 2 is 1.59 bits per heavy atom. The van der Waals surface area contributed by atoms with Crippen molar-refractivity contribution >= 4 is 27.3 Å². The molecule has 0 heterocycles. The van der Waals surface area contributed by atoms with E-state index in [2.05, 4.69) is 4.72 Å². The van der Waals surface area contributed by atoms with E-state index in [4.69, 9.17) is 0 Å². The van der Waals surface area contributed by atoms with Gasteiger partial charge in [0.25, 0.3) is 15.9 Å². The van der Waals surface area contributed by atoms with Gasteiger partial charge in [0.1, 0.15) is 0 Å². The fourth-order valence-electron chi connectivity index (χ4n) is 3.39. The van der Waals surface area contributed by atoms with Crippen LogP contribution in [0.2, 0.25) is 0 Å². The van der Waals surface area contributed by atoms with Crippen molar-refractivity contribution in [1.82, 2.24) is 4.90 Å². The van der Waals surface area contributed by atoms with Gasteiger partial charge in [-0.25, -0.2) is 8.42 Å². The highest BCUT2D eigenvalue weighted by Gasteiger charge is 2.19. The van der Waals surface area contributed by atoms with Gasteiger partial charge in [-0.1, -0.05) is 30.3 Å². The molecule has 3 aromatic rings. The Balaban J connectivity index is 1.76. The van der Waals surface area contributed by atoms with Crippen molar-refractivity contribution in [3.8, 4) is 0 Å². The quantitative estimate of drug-likeness (QED) is 0.577. The summed E-state index contributed by atoms with van der Waals surface area (Å²) in [6, 6.07) is 19.9. The lowest BCUT2D eigenvalue weighted by Gasteiger charge is -2.19. The molecule has 0 atom stereocenters. The van der Waals surface area contributed by atoms with Crippen LogP contribution in [-0.4, -0.2) is 40.4 Å². The minimum atomic E-state index is -3.77. The van der Waals surface area contributed by atoms with Gasteiger partial charge in [-0.15, -0.1) is 0 Å². The van der Waals surface area contributed by atoms with Crippen LogP contribution in [0, 0.1) is 13.8 Å². The fourth-order valence-corrected chi connectivity index (χ4v) is 4.77. The summed E-state index contributed by atoms with van der Waals surface area (Å²) in [5.74, 6) is -0.186. The van der Waals surface area contributed by atoms with Gasteiger partial charge < -0.3 is 9.80 Å². The zero-order valence-corrected chi connectivity index (χ0v) is 19.9. The van der Waals surface area contributed by atoms with E-state index in [1.54, 1.807) is 55.3 Å². The average Bonchev–Trinajstić information content (AvgIpc) is 2.75. The van der Waals surface area contributed by atoms with Crippen molar-refractivity contribution in [3.05, 3.63) is 89.0 Å². The molecule has 0 saturated heterocycles. The number of hydrogen-bond acceptors (Lipinski definition) is 4. The number of rotatable bonds is 7.